The van der Waals surface area contributed by atoms with Crippen molar-refractivity contribution in [1.29, 1.82) is 5.26 Å². The first kappa shape index (κ1) is 25.0. The highest BCUT2D eigenvalue weighted by Crippen LogP contribution is 2.36. The second kappa shape index (κ2) is 10.4. The lowest BCUT2D eigenvalue weighted by atomic mass is 10.0. The zero-order valence-corrected chi connectivity index (χ0v) is 22.0. The molecule has 6 rings (SSSR count). The van der Waals surface area contributed by atoms with Crippen molar-refractivity contribution in [3.8, 4) is 6.07 Å². The van der Waals surface area contributed by atoms with Gasteiger partial charge in [0.1, 0.15) is 17.7 Å². The fourth-order valence-corrected chi connectivity index (χ4v) is 5.03. The molecule has 1 aliphatic carbocycles. The van der Waals surface area contributed by atoms with E-state index in [-0.39, 0.29) is 11.9 Å². The fourth-order valence-electron chi connectivity index (χ4n) is 4.76. The minimum atomic E-state index is -0.317. The lowest BCUT2D eigenvalue weighted by molar-refractivity contribution is 0.260. The number of nitrogens with zero attached hydrogens (tertiary/aromatic N) is 5. The monoisotopic (exact) mass is 543 g/mol. The summed E-state index contributed by atoms with van der Waals surface area (Å²) in [6.45, 7) is 0.575. The van der Waals surface area contributed by atoms with Crippen LogP contribution in [-0.2, 0) is 13.5 Å². The average Bonchev–Trinajstić information content (AvgIpc) is 3.53. The average molecular weight is 544 g/mol. The second-order valence-corrected chi connectivity index (χ2v) is 10.1. The zero-order valence-electron chi connectivity index (χ0n) is 21.2. The van der Waals surface area contributed by atoms with Gasteiger partial charge in [0, 0.05) is 61.9 Å². The minimum Gasteiger partial charge on any atom is -0.383 e. The molecule has 1 atom stereocenters. The maximum Gasteiger partial charge on any atom is 0.123 e. The third-order valence-electron chi connectivity index (χ3n) is 6.99. The molecule has 1 aliphatic heterocycles. The van der Waals surface area contributed by atoms with Gasteiger partial charge in [0.05, 0.1) is 33.5 Å². The quantitative estimate of drug-likeness (QED) is 0.239. The molecule has 0 saturated heterocycles. The number of halogens is 2. The van der Waals surface area contributed by atoms with Crippen molar-refractivity contribution in [2.75, 3.05) is 17.2 Å². The maximum absolute atomic E-state index is 13.8. The molecule has 4 aromatic rings. The van der Waals surface area contributed by atoms with E-state index in [1.54, 1.807) is 18.3 Å². The molecule has 1 unspecified atom stereocenters. The van der Waals surface area contributed by atoms with E-state index in [1.807, 2.05) is 36.1 Å². The first-order valence-electron chi connectivity index (χ1n) is 12.8. The Morgan fingerprint density at radius 3 is 2.77 bits per heavy atom. The number of aromatic nitrogens is 3. The summed E-state index contributed by atoms with van der Waals surface area (Å²) in [5.74, 6) is 0.641. The number of nitriles is 1. The molecular formula is C28H27ClFN9. The number of aryl methyl sites for hydroxylation is 1. The Labute approximate surface area is 230 Å². The number of imidazole rings is 1. The van der Waals surface area contributed by atoms with Crippen molar-refractivity contribution >= 4 is 33.9 Å². The van der Waals surface area contributed by atoms with E-state index in [4.69, 9.17) is 11.6 Å². The van der Waals surface area contributed by atoms with Crippen LogP contribution in [0.5, 0.6) is 0 Å². The van der Waals surface area contributed by atoms with Crippen LogP contribution in [-0.4, -0.2) is 32.1 Å². The van der Waals surface area contributed by atoms with Crippen molar-refractivity contribution in [2.24, 2.45) is 7.05 Å². The highest BCUT2D eigenvalue weighted by atomic mass is 35.5. The SMILES string of the molecule is Cn1ccnc1CCNc1c(C#N)cnc2c(Cl)cc(NC(C3=CN(C4CC4)NN3)c3ccc(F)cc3)cc12. The maximum atomic E-state index is 13.8. The Bertz CT molecular complexity index is 1590. The van der Waals surface area contributed by atoms with Crippen molar-refractivity contribution in [3.05, 3.63) is 94.7 Å². The van der Waals surface area contributed by atoms with Gasteiger partial charge in [0.25, 0.3) is 0 Å². The van der Waals surface area contributed by atoms with Crippen molar-refractivity contribution < 1.29 is 4.39 Å². The Hall–Kier alpha value is -4.33. The van der Waals surface area contributed by atoms with Crippen LogP contribution in [0.3, 0.4) is 0 Å². The van der Waals surface area contributed by atoms with Gasteiger partial charge in [-0.05, 0) is 42.7 Å². The Kier molecular flexibility index (Phi) is 6.69. The van der Waals surface area contributed by atoms with E-state index in [1.165, 1.54) is 18.3 Å². The van der Waals surface area contributed by atoms with Crippen LogP contribution in [0.2, 0.25) is 5.02 Å². The molecular weight excluding hydrogens is 517 g/mol. The summed E-state index contributed by atoms with van der Waals surface area (Å²) in [7, 11) is 1.95. The van der Waals surface area contributed by atoms with E-state index >= 15 is 0 Å². The lowest BCUT2D eigenvalue weighted by Gasteiger charge is -2.22. The standard InChI is InChI=1S/C28H27ClFN9/c1-38-11-10-32-25(38)8-9-33-26-18(14-31)15-34-28-22(26)12-20(13-23(28)29)35-27(17-2-4-19(30)5-3-17)24-16-39(37-36-24)21-6-7-21/h2-5,10-13,15-16,21,27,35-37H,6-9H2,1H3,(H,33,34). The van der Waals surface area contributed by atoms with E-state index in [0.29, 0.717) is 40.8 Å². The minimum absolute atomic E-state index is 0.297. The summed E-state index contributed by atoms with van der Waals surface area (Å²) in [6, 6.07) is 12.6. The van der Waals surface area contributed by atoms with Crippen LogP contribution in [0, 0.1) is 17.1 Å². The molecule has 39 heavy (non-hydrogen) atoms. The largest absolute Gasteiger partial charge is 0.383 e. The number of benzene rings is 2. The van der Waals surface area contributed by atoms with Gasteiger partial charge in [0.2, 0.25) is 0 Å². The van der Waals surface area contributed by atoms with Crippen LogP contribution in [0.25, 0.3) is 10.9 Å². The predicted octanol–water partition coefficient (Wildman–Crippen LogP) is 4.77. The first-order chi connectivity index (χ1) is 19.0. The van der Waals surface area contributed by atoms with Crippen molar-refractivity contribution in [1.82, 2.24) is 30.5 Å². The van der Waals surface area contributed by atoms with E-state index in [9.17, 15) is 9.65 Å². The highest BCUT2D eigenvalue weighted by Gasteiger charge is 2.32. The molecule has 4 N–H and O–H groups in total. The van der Waals surface area contributed by atoms with Gasteiger partial charge in [-0.2, -0.15) is 5.26 Å². The Morgan fingerprint density at radius 2 is 2.05 bits per heavy atom. The van der Waals surface area contributed by atoms with Gasteiger partial charge in [0.15, 0.2) is 0 Å². The lowest BCUT2D eigenvalue weighted by Crippen LogP contribution is -2.38. The highest BCUT2D eigenvalue weighted by molar-refractivity contribution is 6.35. The van der Waals surface area contributed by atoms with Gasteiger partial charge in [-0.3, -0.25) is 9.99 Å². The summed E-state index contributed by atoms with van der Waals surface area (Å²) in [4.78, 5) is 8.84. The fraction of sp³-hybridized carbons (Fsp3) is 0.250. The molecule has 1 fully saturated rings. The molecule has 1 saturated carbocycles. The van der Waals surface area contributed by atoms with Crippen molar-refractivity contribution in [3.63, 3.8) is 0 Å². The molecule has 9 nitrogen and oxygen atoms in total. The summed E-state index contributed by atoms with van der Waals surface area (Å²) in [5.41, 5.74) is 10.7. The number of hydrazine groups is 2. The number of nitrogens with one attached hydrogen (secondary N) is 4. The first-order valence-corrected chi connectivity index (χ1v) is 13.1. The second-order valence-electron chi connectivity index (χ2n) is 9.73. The third kappa shape index (κ3) is 5.19. The molecule has 2 aliphatic rings. The Balaban J connectivity index is 1.34. The number of hydrogen-bond donors (Lipinski definition) is 4. The zero-order chi connectivity index (χ0) is 26.9. The van der Waals surface area contributed by atoms with Crippen molar-refractivity contribution in [2.45, 2.75) is 31.3 Å². The molecule has 0 spiro atoms. The van der Waals surface area contributed by atoms with E-state index < -0.39 is 0 Å². The molecule has 0 amide bonds. The van der Waals surface area contributed by atoms with Gasteiger partial charge in [-0.15, -0.1) is 5.53 Å². The van der Waals surface area contributed by atoms with E-state index in [0.717, 1.165) is 41.0 Å². The Morgan fingerprint density at radius 1 is 1.23 bits per heavy atom. The summed E-state index contributed by atoms with van der Waals surface area (Å²) >= 11 is 6.72. The normalized spacial score (nSPS) is 15.5. The van der Waals surface area contributed by atoms with Gasteiger partial charge >= 0.3 is 0 Å². The molecule has 2 aromatic carbocycles. The number of hydrogen-bond acceptors (Lipinski definition) is 8. The summed E-state index contributed by atoms with van der Waals surface area (Å²) in [6.07, 6.45) is 10.2. The van der Waals surface area contributed by atoms with Crippen LogP contribution >= 0.6 is 11.6 Å². The van der Waals surface area contributed by atoms with Crippen LogP contribution in [0.15, 0.2) is 66.9 Å². The molecule has 2 aromatic heterocycles. The van der Waals surface area contributed by atoms with Crippen LogP contribution < -0.4 is 21.6 Å². The van der Waals surface area contributed by atoms with Gasteiger partial charge in [-0.1, -0.05) is 23.7 Å². The molecule has 0 radical (unpaired) electrons. The summed E-state index contributed by atoms with van der Waals surface area (Å²) < 4.78 is 15.7. The van der Waals surface area contributed by atoms with E-state index in [2.05, 4.69) is 42.6 Å². The van der Waals surface area contributed by atoms with Crippen LogP contribution in [0.1, 0.15) is 35.8 Å². The van der Waals surface area contributed by atoms with Gasteiger partial charge in [-0.25, -0.2) is 9.37 Å². The summed E-state index contributed by atoms with van der Waals surface area (Å²) in [5, 5.41) is 20.1. The topological polar surface area (TPSA) is 106 Å². The number of pyridine rings is 1. The molecule has 198 valence electrons. The number of fused-ring (bicyclic) bond motifs is 1. The molecule has 3 heterocycles. The third-order valence-corrected chi connectivity index (χ3v) is 7.28. The van der Waals surface area contributed by atoms with Crippen LogP contribution in [0.4, 0.5) is 15.8 Å². The van der Waals surface area contributed by atoms with Gasteiger partial charge < -0.3 is 20.6 Å². The molecule has 0 bridgehead atoms. The number of rotatable bonds is 9. The predicted molar refractivity (Wildman–Crippen MR) is 149 cm³/mol. The number of anilines is 2. The smallest absolute Gasteiger partial charge is 0.123 e. The molecule has 11 heteroatoms.